The summed E-state index contributed by atoms with van der Waals surface area (Å²) in [6.07, 6.45) is 13.7. The smallest absolute Gasteiger partial charge is 0.263 e. The lowest BCUT2D eigenvalue weighted by Gasteiger charge is -2.12. The number of hydrogen-bond acceptors (Lipinski definition) is 4. The first-order chi connectivity index (χ1) is 12.2. The topological polar surface area (TPSA) is 54.9 Å². The number of carbonyl (C=O) groups is 1. The normalized spacial score (nSPS) is 14.2. The average Bonchev–Trinajstić information content (AvgIpc) is 3.02. The van der Waals surface area contributed by atoms with Crippen molar-refractivity contribution >= 4 is 17.2 Å². The van der Waals surface area contributed by atoms with E-state index < -0.39 is 0 Å². The summed E-state index contributed by atoms with van der Waals surface area (Å²) in [5.41, 5.74) is 3.57. The predicted octanol–water partition coefficient (Wildman–Crippen LogP) is 4.25. The number of thiazole rings is 1. The largest absolute Gasteiger partial charge is 0.351 e. The highest BCUT2D eigenvalue weighted by Crippen LogP contribution is 2.21. The number of aromatic nitrogens is 2. The first-order valence-corrected chi connectivity index (χ1v) is 9.85. The van der Waals surface area contributed by atoms with Gasteiger partial charge in [-0.05, 0) is 63.1 Å². The Bertz CT molecular complexity index is 737. The molecule has 0 fully saturated rings. The van der Waals surface area contributed by atoms with Crippen LogP contribution in [0.5, 0.6) is 0 Å². The Morgan fingerprint density at radius 1 is 1.20 bits per heavy atom. The molecule has 3 rings (SSSR count). The number of pyridine rings is 1. The van der Waals surface area contributed by atoms with Crippen molar-refractivity contribution in [1.82, 2.24) is 15.3 Å². The van der Waals surface area contributed by atoms with E-state index in [4.69, 9.17) is 0 Å². The van der Waals surface area contributed by atoms with Crippen molar-refractivity contribution in [3.8, 4) is 0 Å². The summed E-state index contributed by atoms with van der Waals surface area (Å²) in [6.45, 7) is 2.64. The van der Waals surface area contributed by atoms with Gasteiger partial charge < -0.3 is 5.32 Å². The Morgan fingerprint density at radius 3 is 2.80 bits per heavy atom. The van der Waals surface area contributed by atoms with Crippen molar-refractivity contribution < 1.29 is 4.79 Å². The number of allylic oxidation sites excluding steroid dienone is 1. The molecule has 0 spiro atoms. The molecule has 0 radical (unpaired) electrons. The minimum atomic E-state index is 0.0153. The third-order valence-electron chi connectivity index (χ3n) is 4.54. The molecule has 5 heteroatoms. The molecule has 0 unspecified atom stereocenters. The second-order valence-corrected chi connectivity index (χ2v) is 7.58. The number of rotatable bonds is 7. The number of amides is 1. The van der Waals surface area contributed by atoms with E-state index >= 15 is 0 Å². The number of nitrogens with zero attached hydrogens (tertiary/aromatic N) is 2. The van der Waals surface area contributed by atoms with Crippen LogP contribution in [0.25, 0.3) is 0 Å². The fraction of sp³-hybridized carbons (Fsp3) is 0.450. The molecule has 0 aromatic carbocycles. The van der Waals surface area contributed by atoms with Crippen LogP contribution in [0.1, 0.15) is 58.0 Å². The highest BCUT2D eigenvalue weighted by molar-refractivity contribution is 7.13. The molecule has 2 aromatic heterocycles. The number of nitrogens with one attached hydrogen (secondary N) is 1. The molecule has 0 saturated carbocycles. The van der Waals surface area contributed by atoms with E-state index in [-0.39, 0.29) is 5.91 Å². The van der Waals surface area contributed by atoms with Crippen LogP contribution in [-0.4, -0.2) is 22.4 Å². The Morgan fingerprint density at radius 2 is 2.04 bits per heavy atom. The molecule has 1 aliphatic rings. The van der Waals surface area contributed by atoms with Crippen molar-refractivity contribution in [2.24, 2.45) is 0 Å². The zero-order valence-corrected chi connectivity index (χ0v) is 15.6. The summed E-state index contributed by atoms with van der Waals surface area (Å²) >= 11 is 1.52. The van der Waals surface area contributed by atoms with Gasteiger partial charge in [0.1, 0.15) is 4.88 Å². The standard InChI is InChI=1S/C20H25N3OS/c1-15-19(20(24)22-14-11-16-5-3-2-4-6-16)25-18(23-15)8-7-17-9-12-21-13-10-17/h5,9-10,12-13H,2-4,6-8,11,14H2,1H3,(H,22,24). The molecular weight excluding hydrogens is 330 g/mol. The van der Waals surface area contributed by atoms with Crippen LogP contribution in [0.4, 0.5) is 0 Å². The zero-order chi connectivity index (χ0) is 17.5. The van der Waals surface area contributed by atoms with Crippen molar-refractivity contribution in [3.63, 3.8) is 0 Å². The van der Waals surface area contributed by atoms with E-state index in [0.29, 0.717) is 6.54 Å². The SMILES string of the molecule is Cc1nc(CCc2ccncc2)sc1C(=O)NCCC1=CCCCC1. The molecule has 0 bridgehead atoms. The van der Waals surface area contributed by atoms with Crippen LogP contribution in [0, 0.1) is 6.92 Å². The monoisotopic (exact) mass is 355 g/mol. The maximum atomic E-state index is 12.4. The molecule has 132 valence electrons. The Kier molecular flexibility index (Phi) is 6.34. The van der Waals surface area contributed by atoms with Gasteiger partial charge in [-0.15, -0.1) is 11.3 Å². The molecule has 1 N–H and O–H groups in total. The lowest BCUT2D eigenvalue weighted by atomic mass is 9.97. The molecule has 0 aliphatic heterocycles. The van der Waals surface area contributed by atoms with Gasteiger partial charge in [0.2, 0.25) is 0 Å². The summed E-state index contributed by atoms with van der Waals surface area (Å²) in [5.74, 6) is 0.0153. The summed E-state index contributed by atoms with van der Waals surface area (Å²) in [5, 5.41) is 4.08. The van der Waals surface area contributed by atoms with Gasteiger partial charge in [0.15, 0.2) is 0 Å². The summed E-state index contributed by atoms with van der Waals surface area (Å²) in [7, 11) is 0. The maximum Gasteiger partial charge on any atom is 0.263 e. The van der Waals surface area contributed by atoms with Crippen molar-refractivity contribution in [3.05, 3.63) is 57.3 Å². The molecule has 1 amide bonds. The van der Waals surface area contributed by atoms with Gasteiger partial charge in [-0.1, -0.05) is 11.6 Å². The van der Waals surface area contributed by atoms with Crippen LogP contribution >= 0.6 is 11.3 Å². The molecule has 25 heavy (non-hydrogen) atoms. The molecular formula is C20H25N3OS. The van der Waals surface area contributed by atoms with Gasteiger partial charge in [0.05, 0.1) is 10.7 Å². The molecule has 0 atom stereocenters. The van der Waals surface area contributed by atoms with Crippen molar-refractivity contribution in [2.75, 3.05) is 6.54 Å². The summed E-state index contributed by atoms with van der Waals surface area (Å²) in [4.78, 5) is 21.8. The minimum absolute atomic E-state index is 0.0153. The Balaban J connectivity index is 1.50. The second-order valence-electron chi connectivity index (χ2n) is 6.49. The van der Waals surface area contributed by atoms with Gasteiger partial charge in [-0.3, -0.25) is 9.78 Å². The summed E-state index contributed by atoms with van der Waals surface area (Å²) < 4.78 is 0. The third kappa shape index (κ3) is 5.23. The highest BCUT2D eigenvalue weighted by atomic mass is 32.1. The highest BCUT2D eigenvalue weighted by Gasteiger charge is 2.15. The first-order valence-electron chi connectivity index (χ1n) is 9.03. The molecule has 2 heterocycles. The van der Waals surface area contributed by atoms with Crippen LogP contribution in [0.3, 0.4) is 0 Å². The molecule has 0 saturated heterocycles. The van der Waals surface area contributed by atoms with Gasteiger partial charge in [0.25, 0.3) is 5.91 Å². The Labute approximate surface area is 153 Å². The minimum Gasteiger partial charge on any atom is -0.351 e. The second kappa shape index (κ2) is 8.90. The number of hydrogen-bond donors (Lipinski definition) is 1. The lowest BCUT2D eigenvalue weighted by Crippen LogP contribution is -2.24. The lowest BCUT2D eigenvalue weighted by molar-refractivity contribution is 0.0957. The van der Waals surface area contributed by atoms with E-state index in [1.54, 1.807) is 0 Å². The zero-order valence-electron chi connectivity index (χ0n) is 14.8. The van der Waals surface area contributed by atoms with E-state index in [2.05, 4.69) is 21.4 Å². The van der Waals surface area contributed by atoms with Gasteiger partial charge in [-0.2, -0.15) is 0 Å². The molecule has 4 nitrogen and oxygen atoms in total. The van der Waals surface area contributed by atoms with Crippen LogP contribution in [0.15, 0.2) is 36.2 Å². The van der Waals surface area contributed by atoms with Crippen LogP contribution in [-0.2, 0) is 12.8 Å². The van der Waals surface area contributed by atoms with Gasteiger partial charge >= 0.3 is 0 Å². The van der Waals surface area contributed by atoms with E-state index in [1.165, 1.54) is 48.2 Å². The van der Waals surface area contributed by atoms with E-state index in [0.717, 1.165) is 34.8 Å². The quantitative estimate of drug-likeness (QED) is 0.755. The number of aryl methyl sites for hydroxylation is 3. The maximum absolute atomic E-state index is 12.4. The molecule has 1 aliphatic carbocycles. The summed E-state index contributed by atoms with van der Waals surface area (Å²) in [6, 6.07) is 4.04. The van der Waals surface area contributed by atoms with E-state index in [9.17, 15) is 4.79 Å². The van der Waals surface area contributed by atoms with Gasteiger partial charge in [0, 0.05) is 25.4 Å². The number of carbonyl (C=O) groups excluding carboxylic acids is 1. The predicted molar refractivity (Wildman–Crippen MR) is 102 cm³/mol. The van der Waals surface area contributed by atoms with Crippen LogP contribution in [0.2, 0.25) is 0 Å². The third-order valence-corrected chi connectivity index (χ3v) is 5.76. The fourth-order valence-corrected chi connectivity index (χ4v) is 4.10. The fourth-order valence-electron chi connectivity index (χ4n) is 3.12. The van der Waals surface area contributed by atoms with Crippen LogP contribution < -0.4 is 5.32 Å². The Hall–Kier alpha value is -2.01. The van der Waals surface area contributed by atoms with Gasteiger partial charge in [-0.25, -0.2) is 4.98 Å². The average molecular weight is 356 g/mol. The van der Waals surface area contributed by atoms with Crippen molar-refractivity contribution in [2.45, 2.75) is 51.9 Å². The van der Waals surface area contributed by atoms with E-state index in [1.807, 2.05) is 31.5 Å². The van der Waals surface area contributed by atoms with Crippen molar-refractivity contribution in [1.29, 1.82) is 0 Å². The first kappa shape index (κ1) is 17.8. The molecule has 2 aromatic rings.